The predicted molar refractivity (Wildman–Crippen MR) is 72.5 cm³/mol. The number of aromatic carboxylic acids is 1. The van der Waals surface area contributed by atoms with Crippen molar-refractivity contribution >= 4 is 27.6 Å². The SMILES string of the molecule is CC.CC.Cc1ccc(SCl)cc1C(=O)O. The highest BCUT2D eigenvalue weighted by Gasteiger charge is 2.07. The molecule has 0 bridgehead atoms. The van der Waals surface area contributed by atoms with Gasteiger partial charge in [0, 0.05) is 4.90 Å². The second-order valence-corrected chi connectivity index (χ2v) is 3.45. The molecule has 0 saturated heterocycles. The lowest BCUT2D eigenvalue weighted by Gasteiger charge is -2.01. The summed E-state index contributed by atoms with van der Waals surface area (Å²) in [7, 11) is 6.50. The molecule has 0 radical (unpaired) electrons. The van der Waals surface area contributed by atoms with Gasteiger partial charge in [-0.15, -0.1) is 0 Å². The first kappa shape index (κ1) is 17.7. The first-order valence-corrected chi connectivity index (χ1v) is 6.92. The molecular formula is C12H19ClO2S. The summed E-state index contributed by atoms with van der Waals surface area (Å²) in [4.78, 5) is 11.4. The van der Waals surface area contributed by atoms with Crippen LogP contribution < -0.4 is 0 Å². The second-order valence-electron chi connectivity index (χ2n) is 2.36. The van der Waals surface area contributed by atoms with Crippen molar-refractivity contribution in [3.63, 3.8) is 0 Å². The Morgan fingerprint density at radius 3 is 2.12 bits per heavy atom. The third-order valence-electron chi connectivity index (χ3n) is 1.53. The molecule has 0 aliphatic carbocycles. The monoisotopic (exact) mass is 262 g/mol. The largest absolute Gasteiger partial charge is 0.478 e. The minimum atomic E-state index is -0.917. The number of halogens is 1. The van der Waals surface area contributed by atoms with Gasteiger partial charge in [-0.25, -0.2) is 4.79 Å². The summed E-state index contributed by atoms with van der Waals surface area (Å²) in [6.45, 7) is 9.76. The first-order chi connectivity index (χ1) is 7.65. The van der Waals surface area contributed by atoms with Crippen molar-refractivity contribution in [1.82, 2.24) is 0 Å². The van der Waals surface area contributed by atoms with Crippen LogP contribution in [0, 0.1) is 6.92 Å². The number of hydrogen-bond acceptors (Lipinski definition) is 2. The van der Waals surface area contributed by atoms with E-state index in [1.807, 2.05) is 27.7 Å². The predicted octanol–water partition coefficient (Wildman–Crippen LogP) is 4.99. The molecule has 0 spiro atoms. The molecule has 1 aromatic rings. The number of aryl methyl sites for hydroxylation is 1. The van der Waals surface area contributed by atoms with E-state index in [1.54, 1.807) is 25.1 Å². The molecular weight excluding hydrogens is 244 g/mol. The van der Waals surface area contributed by atoms with Crippen LogP contribution in [0.15, 0.2) is 23.1 Å². The molecule has 2 nitrogen and oxygen atoms in total. The fourth-order valence-corrected chi connectivity index (χ4v) is 1.45. The van der Waals surface area contributed by atoms with Crippen LogP contribution in [-0.2, 0) is 0 Å². The van der Waals surface area contributed by atoms with E-state index in [9.17, 15) is 4.79 Å². The first-order valence-electron chi connectivity index (χ1n) is 5.27. The molecule has 16 heavy (non-hydrogen) atoms. The molecule has 0 aliphatic heterocycles. The topological polar surface area (TPSA) is 37.3 Å². The van der Waals surface area contributed by atoms with E-state index in [1.165, 1.54) is 0 Å². The van der Waals surface area contributed by atoms with E-state index >= 15 is 0 Å². The Labute approximate surface area is 107 Å². The van der Waals surface area contributed by atoms with Crippen molar-refractivity contribution in [2.24, 2.45) is 0 Å². The fourth-order valence-electron chi connectivity index (χ4n) is 0.880. The summed E-state index contributed by atoms with van der Waals surface area (Å²) in [5.41, 5.74) is 1.05. The zero-order valence-corrected chi connectivity index (χ0v) is 11.9. The van der Waals surface area contributed by atoms with Gasteiger partial charge in [-0.1, -0.05) is 33.8 Å². The molecule has 0 atom stereocenters. The minimum absolute atomic E-state index is 0.306. The summed E-state index contributed by atoms with van der Waals surface area (Å²) < 4.78 is 0. The van der Waals surface area contributed by atoms with E-state index in [0.717, 1.165) is 21.4 Å². The van der Waals surface area contributed by atoms with E-state index in [2.05, 4.69) is 0 Å². The summed E-state index contributed by atoms with van der Waals surface area (Å²) in [5.74, 6) is -0.917. The number of carboxylic acids is 1. The van der Waals surface area contributed by atoms with Gasteiger partial charge in [-0.05, 0) is 46.3 Å². The Hall–Kier alpha value is -0.670. The highest BCUT2D eigenvalue weighted by Crippen LogP contribution is 2.24. The van der Waals surface area contributed by atoms with Gasteiger partial charge in [0.2, 0.25) is 0 Å². The number of carboxylic acid groups (broad SMARTS) is 1. The maximum Gasteiger partial charge on any atom is 0.335 e. The van der Waals surface area contributed by atoms with Crippen LogP contribution in [0.3, 0.4) is 0 Å². The maximum atomic E-state index is 10.6. The molecule has 0 aromatic heterocycles. The minimum Gasteiger partial charge on any atom is -0.478 e. The quantitative estimate of drug-likeness (QED) is 0.816. The number of rotatable bonds is 2. The van der Waals surface area contributed by atoms with Crippen LogP contribution in [0.25, 0.3) is 0 Å². The maximum absolute atomic E-state index is 10.6. The lowest BCUT2D eigenvalue weighted by Crippen LogP contribution is -1.99. The lowest BCUT2D eigenvalue weighted by atomic mass is 10.1. The van der Waals surface area contributed by atoms with Gasteiger partial charge < -0.3 is 5.11 Å². The summed E-state index contributed by atoms with van der Waals surface area (Å²) >= 11 is 0. The molecule has 92 valence electrons. The highest BCUT2D eigenvalue weighted by atomic mass is 35.7. The van der Waals surface area contributed by atoms with Crippen LogP contribution in [0.4, 0.5) is 0 Å². The van der Waals surface area contributed by atoms with Gasteiger partial charge in [-0.3, -0.25) is 0 Å². The molecule has 0 fully saturated rings. The molecule has 0 aliphatic rings. The number of carbonyl (C=O) groups is 1. The van der Waals surface area contributed by atoms with Gasteiger partial charge in [0.1, 0.15) is 0 Å². The lowest BCUT2D eigenvalue weighted by molar-refractivity contribution is 0.0696. The van der Waals surface area contributed by atoms with Crippen molar-refractivity contribution in [2.75, 3.05) is 0 Å². The van der Waals surface area contributed by atoms with E-state index in [0.29, 0.717) is 5.56 Å². The third kappa shape index (κ3) is 6.03. The van der Waals surface area contributed by atoms with Crippen LogP contribution in [0.2, 0.25) is 0 Å². The molecule has 0 amide bonds. The molecule has 1 N–H and O–H groups in total. The number of hydrogen-bond donors (Lipinski definition) is 1. The molecule has 0 unspecified atom stereocenters. The number of benzene rings is 1. The summed E-state index contributed by atoms with van der Waals surface area (Å²) in [5, 5.41) is 8.73. The molecule has 1 aromatic carbocycles. The van der Waals surface area contributed by atoms with Crippen LogP contribution in [0.1, 0.15) is 43.6 Å². The Bertz CT molecular complexity index is 314. The van der Waals surface area contributed by atoms with E-state index in [4.69, 9.17) is 15.8 Å². The van der Waals surface area contributed by atoms with Gasteiger partial charge in [0.05, 0.1) is 5.56 Å². The average molecular weight is 263 g/mol. The Morgan fingerprint density at radius 2 is 1.75 bits per heavy atom. The summed E-state index contributed by atoms with van der Waals surface area (Å²) in [6.07, 6.45) is 0. The van der Waals surface area contributed by atoms with Crippen LogP contribution in [0.5, 0.6) is 0 Å². The molecule has 4 heteroatoms. The van der Waals surface area contributed by atoms with Crippen molar-refractivity contribution in [3.05, 3.63) is 29.3 Å². The standard InChI is InChI=1S/C8H7ClO2S.2C2H6/c1-5-2-3-6(12-9)4-7(5)8(10)11;2*1-2/h2-4H,1H3,(H,10,11);2*1-2H3. The Balaban J connectivity index is 0. The normalized spacial score (nSPS) is 8.12. The second kappa shape index (κ2) is 10.8. The average Bonchev–Trinajstić information content (AvgIpc) is 2.34. The third-order valence-corrected chi connectivity index (χ3v) is 2.50. The van der Waals surface area contributed by atoms with E-state index < -0.39 is 5.97 Å². The van der Waals surface area contributed by atoms with Gasteiger partial charge in [0.15, 0.2) is 0 Å². The zero-order valence-electron chi connectivity index (χ0n) is 10.4. The van der Waals surface area contributed by atoms with Crippen LogP contribution >= 0.6 is 21.7 Å². The fraction of sp³-hybridized carbons (Fsp3) is 0.417. The van der Waals surface area contributed by atoms with Crippen molar-refractivity contribution in [2.45, 2.75) is 39.5 Å². The highest BCUT2D eigenvalue weighted by molar-refractivity contribution is 8.21. The Morgan fingerprint density at radius 1 is 1.25 bits per heavy atom. The zero-order chi connectivity index (χ0) is 13.1. The van der Waals surface area contributed by atoms with Crippen molar-refractivity contribution in [3.8, 4) is 0 Å². The smallest absolute Gasteiger partial charge is 0.335 e. The molecule has 1 rings (SSSR count). The van der Waals surface area contributed by atoms with Crippen molar-refractivity contribution < 1.29 is 9.90 Å². The van der Waals surface area contributed by atoms with Crippen LogP contribution in [-0.4, -0.2) is 11.1 Å². The van der Waals surface area contributed by atoms with Gasteiger partial charge in [-0.2, -0.15) is 0 Å². The molecule has 0 heterocycles. The van der Waals surface area contributed by atoms with E-state index in [-0.39, 0.29) is 0 Å². The van der Waals surface area contributed by atoms with Gasteiger partial charge >= 0.3 is 5.97 Å². The van der Waals surface area contributed by atoms with Gasteiger partial charge in [0.25, 0.3) is 0 Å². The van der Waals surface area contributed by atoms with Crippen molar-refractivity contribution in [1.29, 1.82) is 0 Å². The molecule has 0 saturated carbocycles. The Kier molecular flexibility index (Phi) is 12.0. The summed E-state index contributed by atoms with van der Waals surface area (Å²) in [6, 6.07) is 5.10.